The van der Waals surface area contributed by atoms with E-state index < -0.39 is 17.5 Å². The van der Waals surface area contributed by atoms with Gasteiger partial charge in [-0.05, 0) is 30.7 Å². The summed E-state index contributed by atoms with van der Waals surface area (Å²) < 4.78 is 40.4. The third-order valence-electron chi connectivity index (χ3n) is 3.04. The zero-order chi connectivity index (χ0) is 14.7. The van der Waals surface area contributed by atoms with Gasteiger partial charge in [-0.1, -0.05) is 28.1 Å². The van der Waals surface area contributed by atoms with Crippen LogP contribution in [0.5, 0.6) is 0 Å². The SMILES string of the molecule is C[C@H](NCc1cc(F)c(F)cc1F)c1cccc(Br)c1. The van der Waals surface area contributed by atoms with Gasteiger partial charge in [0.25, 0.3) is 0 Å². The van der Waals surface area contributed by atoms with Crippen molar-refractivity contribution < 1.29 is 13.2 Å². The van der Waals surface area contributed by atoms with Crippen LogP contribution in [0, 0.1) is 17.5 Å². The van der Waals surface area contributed by atoms with Crippen LogP contribution >= 0.6 is 15.9 Å². The summed E-state index contributed by atoms with van der Waals surface area (Å²) in [6.07, 6.45) is 0. The Balaban J connectivity index is 2.07. The molecule has 2 aromatic carbocycles. The lowest BCUT2D eigenvalue weighted by atomic mass is 10.1. The topological polar surface area (TPSA) is 12.0 Å². The second kappa shape index (κ2) is 6.41. The van der Waals surface area contributed by atoms with Gasteiger partial charge in [0.1, 0.15) is 5.82 Å². The maximum absolute atomic E-state index is 13.5. The van der Waals surface area contributed by atoms with Gasteiger partial charge in [0.15, 0.2) is 11.6 Å². The van der Waals surface area contributed by atoms with Crippen LogP contribution in [0.3, 0.4) is 0 Å². The zero-order valence-corrected chi connectivity index (χ0v) is 12.3. The van der Waals surface area contributed by atoms with Crippen molar-refractivity contribution in [2.24, 2.45) is 0 Å². The van der Waals surface area contributed by atoms with E-state index in [1.54, 1.807) is 0 Å². The first-order chi connectivity index (χ1) is 9.47. The van der Waals surface area contributed by atoms with Crippen molar-refractivity contribution in [3.05, 3.63) is 69.4 Å². The highest BCUT2D eigenvalue weighted by Gasteiger charge is 2.11. The molecular weight excluding hydrogens is 331 g/mol. The molecule has 0 radical (unpaired) electrons. The molecule has 0 aliphatic rings. The Kier molecular flexibility index (Phi) is 4.83. The first kappa shape index (κ1) is 15.1. The van der Waals surface area contributed by atoms with E-state index in [-0.39, 0.29) is 18.2 Å². The molecule has 2 rings (SSSR count). The molecule has 1 nitrogen and oxygen atoms in total. The lowest BCUT2D eigenvalue weighted by molar-refractivity contribution is 0.482. The molecule has 0 amide bonds. The van der Waals surface area contributed by atoms with Gasteiger partial charge >= 0.3 is 0 Å². The highest BCUT2D eigenvalue weighted by atomic mass is 79.9. The van der Waals surface area contributed by atoms with Crippen LogP contribution in [0.15, 0.2) is 40.9 Å². The fraction of sp³-hybridized carbons (Fsp3) is 0.200. The van der Waals surface area contributed by atoms with E-state index in [4.69, 9.17) is 0 Å². The van der Waals surface area contributed by atoms with E-state index in [0.29, 0.717) is 6.07 Å². The smallest absolute Gasteiger partial charge is 0.161 e. The minimum atomic E-state index is -1.17. The third-order valence-corrected chi connectivity index (χ3v) is 3.53. The number of hydrogen-bond donors (Lipinski definition) is 1. The summed E-state index contributed by atoms with van der Waals surface area (Å²) in [5, 5.41) is 3.08. The predicted molar refractivity (Wildman–Crippen MR) is 75.7 cm³/mol. The van der Waals surface area contributed by atoms with E-state index in [1.165, 1.54) is 0 Å². The van der Waals surface area contributed by atoms with Crippen LogP contribution in [-0.2, 0) is 6.54 Å². The molecule has 0 fully saturated rings. The van der Waals surface area contributed by atoms with Crippen molar-refractivity contribution in [1.29, 1.82) is 0 Å². The number of halogens is 4. The van der Waals surface area contributed by atoms with Crippen LogP contribution in [-0.4, -0.2) is 0 Å². The Morgan fingerprint density at radius 2 is 1.75 bits per heavy atom. The Morgan fingerprint density at radius 1 is 1.05 bits per heavy atom. The number of rotatable bonds is 4. The summed E-state index contributed by atoms with van der Waals surface area (Å²) in [7, 11) is 0. The Bertz CT molecular complexity index is 616. The minimum Gasteiger partial charge on any atom is -0.306 e. The van der Waals surface area contributed by atoms with Crippen LogP contribution in [0.4, 0.5) is 13.2 Å². The molecule has 0 unspecified atom stereocenters. The molecule has 5 heteroatoms. The first-order valence-corrected chi connectivity index (χ1v) is 6.89. The minimum absolute atomic E-state index is 0.0417. The standard InChI is InChI=1S/C15H13BrF3N/c1-9(10-3-2-4-12(16)5-10)20-8-11-6-14(18)15(19)7-13(11)17/h2-7,9,20H,8H2,1H3/t9-/m0/s1. The molecule has 1 N–H and O–H groups in total. The lowest BCUT2D eigenvalue weighted by Crippen LogP contribution is -2.19. The van der Waals surface area contributed by atoms with Crippen LogP contribution in [0.2, 0.25) is 0 Å². The number of benzene rings is 2. The molecule has 2 aromatic rings. The molecule has 0 spiro atoms. The van der Waals surface area contributed by atoms with Gasteiger partial charge < -0.3 is 5.32 Å². The Labute approximate surface area is 123 Å². The van der Waals surface area contributed by atoms with Crippen LogP contribution in [0.25, 0.3) is 0 Å². The molecule has 0 aliphatic carbocycles. The molecule has 0 aromatic heterocycles. The first-order valence-electron chi connectivity index (χ1n) is 6.09. The maximum atomic E-state index is 13.5. The maximum Gasteiger partial charge on any atom is 0.161 e. The van der Waals surface area contributed by atoms with Gasteiger partial charge in [-0.15, -0.1) is 0 Å². The van der Waals surface area contributed by atoms with E-state index >= 15 is 0 Å². The fourth-order valence-electron chi connectivity index (χ4n) is 1.86. The van der Waals surface area contributed by atoms with E-state index in [1.807, 2.05) is 31.2 Å². The normalized spacial score (nSPS) is 12.4. The zero-order valence-electron chi connectivity index (χ0n) is 10.8. The average molecular weight is 344 g/mol. The van der Waals surface area contributed by atoms with Crippen molar-refractivity contribution in [1.82, 2.24) is 5.32 Å². The largest absolute Gasteiger partial charge is 0.306 e. The molecule has 0 saturated heterocycles. The van der Waals surface area contributed by atoms with Gasteiger partial charge in [-0.25, -0.2) is 13.2 Å². The summed E-state index contributed by atoms with van der Waals surface area (Å²) in [6, 6.07) is 9.09. The summed E-state index contributed by atoms with van der Waals surface area (Å²) in [5.41, 5.74) is 1.12. The monoisotopic (exact) mass is 343 g/mol. The summed E-state index contributed by atoms with van der Waals surface area (Å²) in [4.78, 5) is 0. The summed E-state index contributed by atoms with van der Waals surface area (Å²) in [5.74, 6) is -2.97. The molecule has 1 atom stereocenters. The summed E-state index contributed by atoms with van der Waals surface area (Å²) in [6.45, 7) is 2.04. The van der Waals surface area contributed by atoms with Crippen LogP contribution in [0.1, 0.15) is 24.1 Å². The van der Waals surface area contributed by atoms with E-state index in [0.717, 1.165) is 16.1 Å². The number of hydrogen-bond acceptors (Lipinski definition) is 1. The van der Waals surface area contributed by atoms with Crippen molar-refractivity contribution in [2.75, 3.05) is 0 Å². The van der Waals surface area contributed by atoms with Crippen molar-refractivity contribution in [3.63, 3.8) is 0 Å². The van der Waals surface area contributed by atoms with Crippen LogP contribution < -0.4 is 5.32 Å². The van der Waals surface area contributed by atoms with Crippen molar-refractivity contribution >= 4 is 15.9 Å². The van der Waals surface area contributed by atoms with Gasteiger partial charge in [0.2, 0.25) is 0 Å². The van der Waals surface area contributed by atoms with Gasteiger partial charge in [0.05, 0.1) is 0 Å². The molecule has 0 aliphatic heterocycles. The molecule has 20 heavy (non-hydrogen) atoms. The van der Waals surface area contributed by atoms with Gasteiger partial charge in [0, 0.05) is 28.7 Å². The third kappa shape index (κ3) is 3.61. The highest BCUT2D eigenvalue weighted by Crippen LogP contribution is 2.19. The average Bonchev–Trinajstić information content (AvgIpc) is 2.41. The molecular formula is C15H13BrF3N. The van der Waals surface area contributed by atoms with E-state index in [2.05, 4.69) is 21.2 Å². The molecule has 0 heterocycles. The second-order valence-corrected chi connectivity index (χ2v) is 5.43. The second-order valence-electron chi connectivity index (χ2n) is 4.52. The highest BCUT2D eigenvalue weighted by molar-refractivity contribution is 9.10. The predicted octanol–water partition coefficient (Wildman–Crippen LogP) is 4.72. The Morgan fingerprint density at radius 3 is 2.45 bits per heavy atom. The molecule has 0 saturated carbocycles. The van der Waals surface area contributed by atoms with Crippen molar-refractivity contribution in [2.45, 2.75) is 19.5 Å². The van der Waals surface area contributed by atoms with E-state index in [9.17, 15) is 13.2 Å². The molecule has 106 valence electrons. The number of nitrogens with one attached hydrogen (secondary N) is 1. The van der Waals surface area contributed by atoms with Gasteiger partial charge in [-0.3, -0.25) is 0 Å². The summed E-state index contributed by atoms with van der Waals surface area (Å²) >= 11 is 3.38. The quantitative estimate of drug-likeness (QED) is 0.792. The lowest BCUT2D eigenvalue weighted by Gasteiger charge is -2.15. The van der Waals surface area contributed by atoms with Gasteiger partial charge in [-0.2, -0.15) is 0 Å². The fourth-order valence-corrected chi connectivity index (χ4v) is 2.27. The van der Waals surface area contributed by atoms with Crippen molar-refractivity contribution in [3.8, 4) is 0 Å². The molecule has 0 bridgehead atoms. The Hall–Kier alpha value is -1.33.